The van der Waals surface area contributed by atoms with Crippen LogP contribution in [0.5, 0.6) is 0 Å². The summed E-state index contributed by atoms with van der Waals surface area (Å²) in [6, 6.07) is 4.45. The highest BCUT2D eigenvalue weighted by atomic mass is 32.1. The second-order valence-electron chi connectivity index (χ2n) is 5.42. The average Bonchev–Trinajstić information content (AvgIpc) is 3.18. The number of thiophene rings is 1. The first-order valence-electron chi connectivity index (χ1n) is 7.28. The zero-order valence-electron chi connectivity index (χ0n) is 12.4. The molecule has 2 aromatic heterocycles. The smallest absolute Gasteiger partial charge is 0.321 e. The molecule has 0 aromatic carbocycles. The van der Waals surface area contributed by atoms with Crippen LogP contribution in [-0.4, -0.2) is 41.3 Å². The number of carbonyl (C=O) groups is 1. The topological polar surface area (TPSA) is 70.2 Å². The maximum absolute atomic E-state index is 11.9. The van der Waals surface area contributed by atoms with E-state index in [0.29, 0.717) is 23.6 Å². The van der Waals surface area contributed by atoms with Gasteiger partial charge in [0.05, 0.1) is 0 Å². The molecule has 2 atom stereocenters. The van der Waals surface area contributed by atoms with E-state index in [2.05, 4.69) is 50.3 Å². The van der Waals surface area contributed by atoms with Gasteiger partial charge < -0.3 is 5.32 Å². The lowest BCUT2D eigenvalue weighted by atomic mass is 9.88. The molecule has 0 radical (unpaired) electrons. The molecule has 2 aromatic rings. The van der Waals surface area contributed by atoms with Crippen molar-refractivity contribution in [2.24, 2.45) is 5.92 Å². The molecule has 0 spiro atoms. The zero-order chi connectivity index (χ0) is 15.4. The lowest BCUT2D eigenvalue weighted by molar-refractivity contribution is 0.123. The van der Waals surface area contributed by atoms with Gasteiger partial charge in [0.1, 0.15) is 5.51 Å². The first kappa shape index (κ1) is 15.4. The first-order chi connectivity index (χ1) is 10.7. The van der Waals surface area contributed by atoms with Crippen LogP contribution in [0.2, 0.25) is 0 Å². The van der Waals surface area contributed by atoms with E-state index in [1.807, 2.05) is 0 Å². The van der Waals surface area contributed by atoms with Gasteiger partial charge in [-0.05, 0) is 43.8 Å². The fraction of sp³-hybridized carbons (Fsp3) is 0.500. The molecule has 1 saturated heterocycles. The monoisotopic (exact) mass is 337 g/mol. The number of anilines is 1. The summed E-state index contributed by atoms with van der Waals surface area (Å²) in [7, 11) is 2.16. The molecule has 1 fully saturated rings. The molecular weight excluding hydrogens is 318 g/mol. The summed E-state index contributed by atoms with van der Waals surface area (Å²) in [6.45, 7) is 1.77. The van der Waals surface area contributed by atoms with Crippen LogP contribution in [0.1, 0.15) is 23.8 Å². The van der Waals surface area contributed by atoms with Gasteiger partial charge in [0.2, 0.25) is 5.13 Å². The fourth-order valence-electron chi connectivity index (χ4n) is 2.98. The van der Waals surface area contributed by atoms with Crippen LogP contribution in [0.25, 0.3) is 0 Å². The molecule has 1 aliphatic heterocycles. The lowest BCUT2D eigenvalue weighted by Crippen LogP contribution is -2.42. The molecule has 0 unspecified atom stereocenters. The second-order valence-corrected chi connectivity index (χ2v) is 7.23. The summed E-state index contributed by atoms with van der Waals surface area (Å²) < 4.78 is 0. The second kappa shape index (κ2) is 7.17. The maximum atomic E-state index is 11.9. The van der Waals surface area contributed by atoms with Crippen LogP contribution in [0.15, 0.2) is 23.0 Å². The van der Waals surface area contributed by atoms with E-state index in [0.717, 1.165) is 13.0 Å². The molecule has 22 heavy (non-hydrogen) atoms. The molecule has 118 valence electrons. The van der Waals surface area contributed by atoms with Gasteiger partial charge in [-0.3, -0.25) is 10.2 Å². The van der Waals surface area contributed by atoms with Crippen LogP contribution in [0, 0.1) is 5.92 Å². The summed E-state index contributed by atoms with van der Waals surface area (Å²) in [4.78, 5) is 15.7. The van der Waals surface area contributed by atoms with E-state index in [1.165, 1.54) is 22.6 Å². The Bertz CT molecular complexity index is 586. The van der Waals surface area contributed by atoms with Crippen LogP contribution >= 0.6 is 22.7 Å². The molecule has 8 heteroatoms. The number of piperidine rings is 1. The van der Waals surface area contributed by atoms with Crippen molar-refractivity contribution in [2.45, 2.75) is 18.9 Å². The largest absolute Gasteiger partial charge is 0.337 e. The number of hydrogen-bond acceptors (Lipinski definition) is 6. The predicted molar refractivity (Wildman–Crippen MR) is 89.3 cm³/mol. The van der Waals surface area contributed by atoms with Crippen molar-refractivity contribution in [3.05, 3.63) is 27.9 Å². The third-order valence-corrected chi connectivity index (χ3v) is 5.50. The average molecular weight is 337 g/mol. The number of aromatic nitrogens is 2. The molecule has 6 nitrogen and oxygen atoms in total. The molecular formula is C14H19N5OS2. The quantitative estimate of drug-likeness (QED) is 0.900. The Morgan fingerprint density at radius 3 is 3.14 bits per heavy atom. The predicted octanol–water partition coefficient (Wildman–Crippen LogP) is 2.80. The van der Waals surface area contributed by atoms with Gasteiger partial charge in [-0.1, -0.05) is 17.4 Å². The molecule has 0 aliphatic carbocycles. The van der Waals surface area contributed by atoms with Crippen molar-refractivity contribution in [3.63, 3.8) is 0 Å². The minimum atomic E-state index is -0.213. The van der Waals surface area contributed by atoms with E-state index >= 15 is 0 Å². The minimum absolute atomic E-state index is 0.213. The third-order valence-electron chi connectivity index (χ3n) is 3.95. The fourth-order valence-corrected chi connectivity index (χ4v) is 4.40. The Kier molecular flexibility index (Phi) is 5.01. The molecule has 0 saturated carbocycles. The molecule has 3 rings (SSSR count). The van der Waals surface area contributed by atoms with Gasteiger partial charge in [0, 0.05) is 17.5 Å². The van der Waals surface area contributed by atoms with Crippen molar-refractivity contribution in [3.8, 4) is 0 Å². The maximum Gasteiger partial charge on any atom is 0.321 e. The number of amides is 2. The Hall–Kier alpha value is -1.51. The minimum Gasteiger partial charge on any atom is -0.337 e. The Morgan fingerprint density at radius 1 is 1.50 bits per heavy atom. The molecule has 2 amide bonds. The number of rotatable bonds is 4. The summed E-state index contributed by atoms with van der Waals surface area (Å²) in [5.74, 6) is 0.428. The van der Waals surface area contributed by atoms with Gasteiger partial charge in [-0.2, -0.15) is 0 Å². The number of nitrogens with one attached hydrogen (secondary N) is 2. The molecule has 2 N–H and O–H groups in total. The number of urea groups is 1. The van der Waals surface area contributed by atoms with Gasteiger partial charge in [-0.25, -0.2) is 4.79 Å². The highest BCUT2D eigenvalue weighted by Gasteiger charge is 2.31. The van der Waals surface area contributed by atoms with Crippen LogP contribution in [0.4, 0.5) is 9.93 Å². The summed E-state index contributed by atoms with van der Waals surface area (Å²) in [5, 5.41) is 15.8. The van der Waals surface area contributed by atoms with E-state index < -0.39 is 0 Å². The highest BCUT2D eigenvalue weighted by Crippen LogP contribution is 2.36. The lowest BCUT2D eigenvalue weighted by Gasteiger charge is -2.38. The van der Waals surface area contributed by atoms with Crippen molar-refractivity contribution in [2.75, 3.05) is 25.5 Å². The van der Waals surface area contributed by atoms with Crippen LogP contribution in [-0.2, 0) is 0 Å². The van der Waals surface area contributed by atoms with Crippen molar-refractivity contribution < 1.29 is 4.79 Å². The van der Waals surface area contributed by atoms with Gasteiger partial charge >= 0.3 is 6.03 Å². The standard InChI is InChI=1S/C14H19N5OS2/c1-19-6-2-4-10(12(19)11-5-3-7-21-11)8-15-13(20)17-14-18-16-9-22-14/h3,5,7,9-10,12H,2,4,6,8H2,1H3,(H2,15,17,18,20)/t10-,12+/m1/s1. The van der Waals surface area contributed by atoms with Gasteiger partial charge in [-0.15, -0.1) is 21.5 Å². The van der Waals surface area contributed by atoms with Gasteiger partial charge in [0.25, 0.3) is 0 Å². The first-order valence-corrected chi connectivity index (χ1v) is 9.04. The number of hydrogen-bond donors (Lipinski definition) is 2. The molecule has 3 heterocycles. The normalized spacial score (nSPS) is 22.4. The van der Waals surface area contributed by atoms with E-state index in [4.69, 9.17) is 0 Å². The van der Waals surface area contributed by atoms with E-state index in [-0.39, 0.29) is 6.03 Å². The van der Waals surface area contributed by atoms with E-state index in [1.54, 1.807) is 16.8 Å². The van der Waals surface area contributed by atoms with Crippen LogP contribution in [0.3, 0.4) is 0 Å². The third kappa shape index (κ3) is 3.63. The highest BCUT2D eigenvalue weighted by molar-refractivity contribution is 7.13. The zero-order valence-corrected chi connectivity index (χ0v) is 14.0. The Labute approximate surface area is 137 Å². The van der Waals surface area contributed by atoms with Crippen LogP contribution < -0.4 is 10.6 Å². The van der Waals surface area contributed by atoms with Gasteiger partial charge in [0.15, 0.2) is 0 Å². The van der Waals surface area contributed by atoms with Crippen molar-refractivity contribution >= 4 is 33.8 Å². The number of nitrogens with zero attached hydrogens (tertiary/aromatic N) is 3. The number of likely N-dealkylation sites (tertiary alicyclic amines) is 1. The van der Waals surface area contributed by atoms with Crippen molar-refractivity contribution in [1.82, 2.24) is 20.4 Å². The summed E-state index contributed by atoms with van der Waals surface area (Å²) >= 11 is 3.10. The van der Waals surface area contributed by atoms with E-state index in [9.17, 15) is 4.79 Å². The summed E-state index contributed by atoms with van der Waals surface area (Å²) in [6.07, 6.45) is 2.30. The Morgan fingerprint density at radius 2 is 2.41 bits per heavy atom. The Balaban J connectivity index is 1.58. The van der Waals surface area contributed by atoms with Crippen molar-refractivity contribution in [1.29, 1.82) is 0 Å². The summed E-state index contributed by atoms with van der Waals surface area (Å²) in [5.41, 5.74) is 1.60. The molecule has 0 bridgehead atoms. The number of carbonyl (C=O) groups excluding carboxylic acids is 1. The SMILES string of the molecule is CN1CCC[C@H](CNC(=O)Nc2nncs2)[C@H]1c1cccs1. The molecule has 1 aliphatic rings.